The highest BCUT2D eigenvalue weighted by Gasteiger charge is 2.51. The summed E-state index contributed by atoms with van der Waals surface area (Å²) in [6.07, 6.45) is 0.643. The second-order valence-corrected chi connectivity index (χ2v) is 9.42. The molecule has 0 radical (unpaired) electrons. The number of aryl methyl sites for hydroxylation is 1. The van der Waals surface area contributed by atoms with Gasteiger partial charge in [-0.3, -0.25) is 9.69 Å². The Morgan fingerprint density at radius 1 is 1.08 bits per heavy atom. The van der Waals surface area contributed by atoms with Gasteiger partial charge in [0, 0.05) is 30.9 Å². The quantitative estimate of drug-likeness (QED) is 0.337. The molecular formula is C27H28Cl2N4O3. The molecule has 9 heteroatoms. The van der Waals surface area contributed by atoms with E-state index in [-0.39, 0.29) is 16.3 Å². The molecule has 1 unspecified atom stereocenters. The van der Waals surface area contributed by atoms with Crippen LogP contribution in [0.25, 0.3) is 0 Å². The van der Waals surface area contributed by atoms with E-state index in [2.05, 4.69) is 47.6 Å². The standard InChI is InChI=1S/C27H28Cl2N4O3/c1-3-32(19-9-6-8-18(2)16-19)15-7-14-30-25(34)27(36)21-10-4-5-11-24(21)31-26(35)33(27)20-12-13-22(28)23(29)17-20/h4-6,8-13,16-17,36H,3,7,14-15H2,1-2H3,(H,30,34)(H,31,35). The summed E-state index contributed by atoms with van der Waals surface area (Å²) in [7, 11) is 0. The molecule has 3 aromatic rings. The predicted octanol–water partition coefficient (Wildman–Crippen LogP) is 5.53. The summed E-state index contributed by atoms with van der Waals surface area (Å²) in [6.45, 7) is 5.97. The number of aliphatic hydroxyl groups is 1. The summed E-state index contributed by atoms with van der Waals surface area (Å²) in [6, 6.07) is 18.7. The third-order valence-electron chi connectivity index (χ3n) is 6.19. The highest BCUT2D eigenvalue weighted by molar-refractivity contribution is 6.42. The van der Waals surface area contributed by atoms with Crippen LogP contribution >= 0.6 is 23.2 Å². The van der Waals surface area contributed by atoms with Crippen molar-refractivity contribution in [3.8, 4) is 0 Å². The molecule has 0 aliphatic carbocycles. The molecule has 1 heterocycles. The number of carbonyl (C=O) groups is 2. The number of carbonyl (C=O) groups excluding carboxylic acids is 2. The van der Waals surface area contributed by atoms with Crippen molar-refractivity contribution in [2.45, 2.75) is 26.0 Å². The Kier molecular flexibility index (Phi) is 7.73. The molecule has 3 N–H and O–H groups in total. The maximum atomic E-state index is 13.5. The van der Waals surface area contributed by atoms with Gasteiger partial charge in [-0.1, -0.05) is 53.5 Å². The summed E-state index contributed by atoms with van der Waals surface area (Å²) in [5.41, 5.74) is 0.836. The van der Waals surface area contributed by atoms with Gasteiger partial charge in [-0.05, 0) is 62.2 Å². The van der Waals surface area contributed by atoms with Gasteiger partial charge in [0.05, 0.1) is 21.4 Å². The van der Waals surface area contributed by atoms with Gasteiger partial charge in [0.2, 0.25) is 0 Å². The number of para-hydroxylation sites is 1. The molecule has 0 bridgehead atoms. The Bertz CT molecular complexity index is 1290. The number of hydrogen-bond acceptors (Lipinski definition) is 4. The van der Waals surface area contributed by atoms with E-state index in [0.717, 1.165) is 17.1 Å². The van der Waals surface area contributed by atoms with Crippen LogP contribution in [-0.4, -0.2) is 36.7 Å². The molecule has 188 valence electrons. The molecule has 0 saturated carbocycles. The molecule has 36 heavy (non-hydrogen) atoms. The first-order valence-corrected chi connectivity index (χ1v) is 12.5. The van der Waals surface area contributed by atoms with Gasteiger partial charge in [0.25, 0.3) is 11.6 Å². The second-order valence-electron chi connectivity index (χ2n) is 8.61. The number of urea groups is 1. The topological polar surface area (TPSA) is 84.9 Å². The largest absolute Gasteiger partial charge is 0.372 e. The minimum absolute atomic E-state index is 0.194. The minimum atomic E-state index is -2.29. The Morgan fingerprint density at radius 2 is 1.86 bits per heavy atom. The summed E-state index contributed by atoms with van der Waals surface area (Å²) in [5.74, 6) is -0.713. The average Bonchev–Trinajstić information content (AvgIpc) is 2.86. The molecule has 0 spiro atoms. The molecule has 1 aliphatic heterocycles. The maximum Gasteiger partial charge on any atom is 0.329 e. The third-order valence-corrected chi connectivity index (χ3v) is 6.93. The highest BCUT2D eigenvalue weighted by Crippen LogP contribution is 2.41. The fourth-order valence-electron chi connectivity index (χ4n) is 4.38. The van der Waals surface area contributed by atoms with E-state index in [1.807, 2.05) is 6.07 Å². The number of halogens is 2. The van der Waals surface area contributed by atoms with Gasteiger partial charge in [0.1, 0.15) is 0 Å². The predicted molar refractivity (Wildman–Crippen MR) is 145 cm³/mol. The lowest BCUT2D eigenvalue weighted by Crippen LogP contribution is -2.62. The SMILES string of the molecule is CCN(CCCNC(=O)C1(O)c2ccccc2NC(=O)N1c1ccc(Cl)c(Cl)c1)c1cccc(C)c1. The van der Waals surface area contributed by atoms with E-state index in [9.17, 15) is 14.7 Å². The van der Waals surface area contributed by atoms with Gasteiger partial charge < -0.3 is 20.6 Å². The molecule has 7 nitrogen and oxygen atoms in total. The number of benzene rings is 3. The monoisotopic (exact) mass is 526 g/mol. The first kappa shape index (κ1) is 25.8. The van der Waals surface area contributed by atoms with Crippen LogP contribution in [-0.2, 0) is 10.5 Å². The lowest BCUT2D eigenvalue weighted by Gasteiger charge is -2.42. The van der Waals surface area contributed by atoms with Crippen LogP contribution in [0.15, 0.2) is 66.7 Å². The van der Waals surface area contributed by atoms with Crippen LogP contribution in [0.2, 0.25) is 10.0 Å². The third kappa shape index (κ3) is 5.00. The minimum Gasteiger partial charge on any atom is -0.372 e. The number of nitrogens with zero attached hydrogens (tertiary/aromatic N) is 2. The summed E-state index contributed by atoms with van der Waals surface area (Å²) < 4.78 is 0. The molecule has 4 rings (SSSR count). The first-order valence-electron chi connectivity index (χ1n) is 11.7. The fraction of sp³-hybridized carbons (Fsp3) is 0.259. The first-order chi connectivity index (χ1) is 17.3. The Hall–Kier alpha value is -3.26. The number of rotatable bonds is 8. The van der Waals surface area contributed by atoms with E-state index in [1.165, 1.54) is 23.8 Å². The van der Waals surface area contributed by atoms with Gasteiger partial charge in [-0.2, -0.15) is 0 Å². The summed E-state index contributed by atoms with van der Waals surface area (Å²) >= 11 is 12.2. The molecule has 0 fully saturated rings. The Balaban J connectivity index is 1.56. The van der Waals surface area contributed by atoms with E-state index >= 15 is 0 Å². The molecule has 0 aromatic heterocycles. The van der Waals surface area contributed by atoms with Gasteiger partial charge >= 0.3 is 6.03 Å². The van der Waals surface area contributed by atoms with Crippen molar-refractivity contribution in [2.24, 2.45) is 0 Å². The fourth-order valence-corrected chi connectivity index (χ4v) is 4.67. The summed E-state index contributed by atoms with van der Waals surface area (Å²) in [5, 5.41) is 17.9. The normalized spacial score (nSPS) is 16.8. The average molecular weight is 527 g/mol. The van der Waals surface area contributed by atoms with Crippen molar-refractivity contribution in [3.63, 3.8) is 0 Å². The molecular weight excluding hydrogens is 499 g/mol. The second kappa shape index (κ2) is 10.8. The maximum absolute atomic E-state index is 13.5. The smallest absolute Gasteiger partial charge is 0.329 e. The van der Waals surface area contributed by atoms with E-state index in [4.69, 9.17) is 23.2 Å². The number of hydrogen-bond donors (Lipinski definition) is 3. The zero-order chi connectivity index (χ0) is 25.9. The van der Waals surface area contributed by atoms with Crippen LogP contribution in [0.1, 0.15) is 24.5 Å². The van der Waals surface area contributed by atoms with Crippen molar-refractivity contribution in [3.05, 3.63) is 87.9 Å². The number of fused-ring (bicyclic) bond motifs is 1. The van der Waals surface area contributed by atoms with Gasteiger partial charge in [-0.25, -0.2) is 4.79 Å². The van der Waals surface area contributed by atoms with Crippen molar-refractivity contribution < 1.29 is 14.7 Å². The van der Waals surface area contributed by atoms with Crippen LogP contribution in [0, 0.1) is 6.92 Å². The lowest BCUT2D eigenvalue weighted by molar-refractivity contribution is -0.140. The van der Waals surface area contributed by atoms with Gasteiger partial charge in [0.15, 0.2) is 0 Å². The molecule has 3 amide bonds. The summed E-state index contributed by atoms with van der Waals surface area (Å²) in [4.78, 5) is 29.9. The van der Waals surface area contributed by atoms with E-state index < -0.39 is 17.7 Å². The number of anilines is 3. The molecule has 1 atom stereocenters. The van der Waals surface area contributed by atoms with Gasteiger partial charge in [-0.15, -0.1) is 0 Å². The lowest BCUT2D eigenvalue weighted by atomic mass is 9.94. The molecule has 0 saturated heterocycles. The van der Waals surface area contributed by atoms with Crippen molar-refractivity contribution >= 4 is 52.2 Å². The van der Waals surface area contributed by atoms with E-state index in [1.54, 1.807) is 24.3 Å². The van der Waals surface area contributed by atoms with Crippen molar-refractivity contribution in [1.29, 1.82) is 0 Å². The van der Waals surface area contributed by atoms with Crippen molar-refractivity contribution in [1.82, 2.24) is 5.32 Å². The molecule has 3 aromatic carbocycles. The number of nitrogens with one attached hydrogen (secondary N) is 2. The zero-order valence-electron chi connectivity index (χ0n) is 20.1. The van der Waals surface area contributed by atoms with E-state index in [0.29, 0.717) is 30.2 Å². The van der Waals surface area contributed by atoms with Crippen LogP contribution in [0.3, 0.4) is 0 Å². The van der Waals surface area contributed by atoms with Crippen LogP contribution in [0.4, 0.5) is 21.9 Å². The van der Waals surface area contributed by atoms with Crippen LogP contribution < -0.4 is 20.4 Å². The molecule has 1 aliphatic rings. The Morgan fingerprint density at radius 3 is 2.58 bits per heavy atom. The number of amides is 3. The highest BCUT2D eigenvalue weighted by atomic mass is 35.5. The van der Waals surface area contributed by atoms with Crippen molar-refractivity contribution in [2.75, 3.05) is 34.8 Å². The van der Waals surface area contributed by atoms with Crippen LogP contribution in [0.5, 0.6) is 0 Å². The zero-order valence-corrected chi connectivity index (χ0v) is 21.6. The Labute approximate surface area is 220 Å².